The van der Waals surface area contributed by atoms with Gasteiger partial charge in [0.2, 0.25) is 0 Å². The standard InChI is InChI=1S/C13H14N4OS/c1-2-7-17(8-3-4-8)13(18)11-10(14)9-5-6-15-16-12(9)19-11/h2,5-6,8H,1,3-4,7,14H2. The van der Waals surface area contributed by atoms with Gasteiger partial charge in [0.15, 0.2) is 0 Å². The van der Waals surface area contributed by atoms with Crippen LogP contribution in [0.3, 0.4) is 0 Å². The van der Waals surface area contributed by atoms with Gasteiger partial charge < -0.3 is 10.6 Å². The van der Waals surface area contributed by atoms with Gasteiger partial charge in [-0.3, -0.25) is 4.79 Å². The van der Waals surface area contributed by atoms with Crippen LogP contribution in [-0.2, 0) is 0 Å². The summed E-state index contributed by atoms with van der Waals surface area (Å²) in [6.07, 6.45) is 5.45. The largest absolute Gasteiger partial charge is 0.397 e. The predicted octanol–water partition coefficient (Wildman–Crippen LogP) is 2.06. The third kappa shape index (κ3) is 2.08. The third-order valence-corrected chi connectivity index (χ3v) is 4.28. The average molecular weight is 274 g/mol. The molecule has 1 amide bonds. The number of rotatable bonds is 4. The minimum absolute atomic E-state index is 0.0251. The summed E-state index contributed by atoms with van der Waals surface area (Å²) in [5.74, 6) is -0.0251. The Hall–Kier alpha value is -1.95. The Morgan fingerprint density at radius 1 is 1.63 bits per heavy atom. The van der Waals surface area contributed by atoms with Crippen LogP contribution < -0.4 is 5.73 Å². The molecule has 3 rings (SSSR count). The van der Waals surface area contributed by atoms with E-state index < -0.39 is 0 Å². The molecule has 19 heavy (non-hydrogen) atoms. The van der Waals surface area contributed by atoms with Gasteiger partial charge in [0.25, 0.3) is 5.91 Å². The zero-order valence-electron chi connectivity index (χ0n) is 10.4. The van der Waals surface area contributed by atoms with Crippen molar-refractivity contribution in [1.29, 1.82) is 0 Å². The lowest BCUT2D eigenvalue weighted by Crippen LogP contribution is -2.33. The second kappa shape index (κ2) is 4.62. The molecule has 0 saturated heterocycles. The van der Waals surface area contributed by atoms with E-state index in [1.165, 1.54) is 11.3 Å². The SMILES string of the molecule is C=CCN(C(=O)c1sc2nnccc2c1N)C1CC1. The summed E-state index contributed by atoms with van der Waals surface area (Å²) in [6.45, 7) is 4.27. The molecule has 5 nitrogen and oxygen atoms in total. The van der Waals surface area contributed by atoms with Crippen LogP contribution in [0.5, 0.6) is 0 Å². The number of carbonyl (C=O) groups excluding carboxylic acids is 1. The highest BCUT2D eigenvalue weighted by molar-refractivity contribution is 7.21. The Kier molecular flexibility index (Phi) is 2.94. The van der Waals surface area contributed by atoms with Gasteiger partial charge in [0.05, 0.1) is 11.9 Å². The van der Waals surface area contributed by atoms with Gasteiger partial charge in [-0.25, -0.2) is 0 Å². The number of hydrogen-bond acceptors (Lipinski definition) is 5. The summed E-state index contributed by atoms with van der Waals surface area (Å²) < 4.78 is 0. The molecule has 2 aromatic heterocycles. The van der Waals surface area contributed by atoms with E-state index >= 15 is 0 Å². The Morgan fingerprint density at radius 3 is 3.05 bits per heavy atom. The number of nitrogens with zero attached hydrogens (tertiary/aromatic N) is 3. The molecule has 0 aromatic carbocycles. The Balaban J connectivity index is 2.00. The van der Waals surface area contributed by atoms with E-state index in [0.717, 1.165) is 18.2 Å². The molecule has 0 spiro atoms. The van der Waals surface area contributed by atoms with E-state index in [9.17, 15) is 4.79 Å². The molecule has 0 unspecified atom stereocenters. The van der Waals surface area contributed by atoms with Crippen LogP contribution in [-0.4, -0.2) is 33.6 Å². The molecular weight excluding hydrogens is 260 g/mol. The normalized spacial score (nSPS) is 14.5. The molecule has 1 aliphatic carbocycles. The van der Waals surface area contributed by atoms with E-state index in [1.807, 2.05) is 4.90 Å². The summed E-state index contributed by atoms with van der Waals surface area (Å²) in [5, 5.41) is 8.63. The summed E-state index contributed by atoms with van der Waals surface area (Å²) in [4.78, 5) is 15.7. The van der Waals surface area contributed by atoms with Crippen molar-refractivity contribution >= 4 is 33.1 Å². The molecule has 1 saturated carbocycles. The van der Waals surface area contributed by atoms with Crippen molar-refractivity contribution < 1.29 is 4.79 Å². The van der Waals surface area contributed by atoms with Gasteiger partial charge in [-0.2, -0.15) is 5.10 Å². The smallest absolute Gasteiger partial charge is 0.266 e. The summed E-state index contributed by atoms with van der Waals surface area (Å²) >= 11 is 1.31. The second-order valence-corrected chi connectivity index (χ2v) is 5.57. The molecule has 6 heteroatoms. The maximum atomic E-state index is 12.6. The number of thiophene rings is 1. The maximum Gasteiger partial charge on any atom is 0.266 e. The van der Waals surface area contributed by atoms with Crippen LogP contribution in [0, 0.1) is 0 Å². The van der Waals surface area contributed by atoms with Crippen molar-refractivity contribution in [2.24, 2.45) is 0 Å². The van der Waals surface area contributed by atoms with E-state index in [0.29, 0.717) is 28.0 Å². The first-order valence-electron chi connectivity index (χ1n) is 6.14. The van der Waals surface area contributed by atoms with Gasteiger partial charge >= 0.3 is 0 Å². The van der Waals surface area contributed by atoms with Crippen LogP contribution >= 0.6 is 11.3 Å². The fraction of sp³-hybridized carbons (Fsp3) is 0.308. The first-order chi connectivity index (χ1) is 9.22. The lowest BCUT2D eigenvalue weighted by Gasteiger charge is -2.20. The predicted molar refractivity (Wildman–Crippen MR) is 76.1 cm³/mol. The minimum Gasteiger partial charge on any atom is -0.397 e. The van der Waals surface area contributed by atoms with Gasteiger partial charge in [-0.15, -0.1) is 23.0 Å². The van der Waals surface area contributed by atoms with Crippen molar-refractivity contribution in [2.75, 3.05) is 12.3 Å². The van der Waals surface area contributed by atoms with Crippen molar-refractivity contribution in [3.05, 3.63) is 29.8 Å². The molecule has 0 bridgehead atoms. The molecule has 1 aliphatic rings. The Labute approximate surface area is 114 Å². The molecule has 98 valence electrons. The van der Waals surface area contributed by atoms with Gasteiger partial charge in [0, 0.05) is 18.0 Å². The number of amides is 1. The topological polar surface area (TPSA) is 72.1 Å². The number of hydrogen-bond donors (Lipinski definition) is 1. The Morgan fingerprint density at radius 2 is 2.42 bits per heavy atom. The number of fused-ring (bicyclic) bond motifs is 1. The van der Waals surface area contributed by atoms with Crippen LogP contribution in [0.4, 0.5) is 5.69 Å². The molecular formula is C13H14N4OS. The first kappa shape index (κ1) is 12.1. The van der Waals surface area contributed by atoms with Crippen LogP contribution in [0.2, 0.25) is 0 Å². The number of anilines is 1. The third-order valence-electron chi connectivity index (χ3n) is 3.19. The maximum absolute atomic E-state index is 12.6. The fourth-order valence-corrected chi connectivity index (χ4v) is 3.08. The zero-order chi connectivity index (χ0) is 13.4. The van der Waals surface area contributed by atoms with Crippen molar-refractivity contribution in [2.45, 2.75) is 18.9 Å². The molecule has 2 aromatic rings. The van der Waals surface area contributed by atoms with Crippen molar-refractivity contribution in [3.8, 4) is 0 Å². The van der Waals surface area contributed by atoms with Gasteiger partial charge in [-0.05, 0) is 18.9 Å². The fourth-order valence-electron chi connectivity index (χ4n) is 2.09. The zero-order valence-corrected chi connectivity index (χ0v) is 11.2. The highest BCUT2D eigenvalue weighted by Crippen LogP contribution is 2.35. The Bertz CT molecular complexity index is 647. The number of carbonyl (C=O) groups is 1. The molecule has 0 atom stereocenters. The summed E-state index contributed by atoms with van der Waals surface area (Å²) in [6, 6.07) is 2.13. The molecule has 0 aliphatic heterocycles. The van der Waals surface area contributed by atoms with Gasteiger partial charge in [0.1, 0.15) is 9.71 Å². The highest BCUT2D eigenvalue weighted by atomic mass is 32.1. The quantitative estimate of drug-likeness (QED) is 0.866. The highest BCUT2D eigenvalue weighted by Gasteiger charge is 2.34. The molecule has 0 radical (unpaired) electrons. The number of aromatic nitrogens is 2. The van der Waals surface area contributed by atoms with Gasteiger partial charge in [-0.1, -0.05) is 6.08 Å². The van der Waals surface area contributed by atoms with Crippen LogP contribution in [0.25, 0.3) is 10.2 Å². The van der Waals surface area contributed by atoms with E-state index in [1.54, 1.807) is 18.3 Å². The summed E-state index contributed by atoms with van der Waals surface area (Å²) in [7, 11) is 0. The number of nitrogens with two attached hydrogens (primary N) is 1. The molecule has 2 heterocycles. The number of nitrogen functional groups attached to an aromatic ring is 1. The molecule has 2 N–H and O–H groups in total. The molecule has 1 fully saturated rings. The van der Waals surface area contributed by atoms with Crippen molar-refractivity contribution in [1.82, 2.24) is 15.1 Å². The van der Waals surface area contributed by atoms with E-state index in [2.05, 4.69) is 16.8 Å². The van der Waals surface area contributed by atoms with E-state index in [4.69, 9.17) is 5.73 Å². The van der Waals surface area contributed by atoms with Crippen LogP contribution in [0.15, 0.2) is 24.9 Å². The monoisotopic (exact) mass is 274 g/mol. The minimum atomic E-state index is -0.0251. The van der Waals surface area contributed by atoms with Crippen molar-refractivity contribution in [3.63, 3.8) is 0 Å². The lowest BCUT2D eigenvalue weighted by molar-refractivity contribution is 0.0768. The average Bonchev–Trinajstić information content (AvgIpc) is 3.21. The lowest BCUT2D eigenvalue weighted by atomic mass is 10.2. The second-order valence-electron chi connectivity index (χ2n) is 4.57. The van der Waals surface area contributed by atoms with Crippen LogP contribution in [0.1, 0.15) is 22.5 Å². The first-order valence-corrected chi connectivity index (χ1v) is 6.95. The van der Waals surface area contributed by atoms with E-state index in [-0.39, 0.29) is 5.91 Å². The summed E-state index contributed by atoms with van der Waals surface area (Å²) in [5.41, 5.74) is 6.57.